The molecule has 1 fully saturated rings. The van der Waals surface area contributed by atoms with E-state index < -0.39 is 0 Å². The van der Waals surface area contributed by atoms with Crippen molar-refractivity contribution in [3.63, 3.8) is 0 Å². The van der Waals surface area contributed by atoms with Gasteiger partial charge in [-0.15, -0.1) is 0 Å². The number of rotatable bonds is 5. The van der Waals surface area contributed by atoms with Gasteiger partial charge in [0.25, 0.3) is 0 Å². The van der Waals surface area contributed by atoms with Crippen molar-refractivity contribution in [3.8, 4) is 0 Å². The molecule has 0 radical (unpaired) electrons. The summed E-state index contributed by atoms with van der Waals surface area (Å²) in [7, 11) is 0. The van der Waals surface area contributed by atoms with Crippen LogP contribution in [0.4, 0.5) is 0 Å². The first-order valence-electron chi connectivity index (χ1n) is 7.03. The van der Waals surface area contributed by atoms with Crippen LogP contribution in [0.15, 0.2) is 12.7 Å². The third kappa shape index (κ3) is 4.69. The molecule has 0 atom stereocenters. The Morgan fingerprint density at radius 2 is 1.89 bits per heavy atom. The van der Waals surface area contributed by atoms with Crippen LogP contribution in [0.2, 0.25) is 0 Å². The molecule has 0 aromatic carbocycles. The molecule has 4 nitrogen and oxygen atoms in total. The molecule has 0 aromatic heterocycles. The lowest BCUT2D eigenvalue weighted by Crippen LogP contribution is -2.45. The molecule has 1 N–H and O–H groups in total. The van der Waals surface area contributed by atoms with E-state index >= 15 is 0 Å². The van der Waals surface area contributed by atoms with Crippen molar-refractivity contribution in [1.82, 2.24) is 5.32 Å². The first-order chi connectivity index (χ1) is 8.89. The normalized spacial score (nSPS) is 23.5. The summed E-state index contributed by atoms with van der Waals surface area (Å²) in [6, 6.07) is 0.206. The molecule has 1 amide bonds. The summed E-state index contributed by atoms with van der Waals surface area (Å²) in [6.45, 7) is 9.32. The second-order valence-corrected chi connectivity index (χ2v) is 5.83. The molecule has 0 aliphatic heterocycles. The predicted molar refractivity (Wildman–Crippen MR) is 74.5 cm³/mol. The van der Waals surface area contributed by atoms with Gasteiger partial charge in [0.15, 0.2) is 0 Å². The number of carbonyl (C=O) groups excluding carboxylic acids is 2. The minimum Gasteiger partial charge on any atom is -0.459 e. The Balaban J connectivity index is 2.36. The Morgan fingerprint density at radius 1 is 1.32 bits per heavy atom. The summed E-state index contributed by atoms with van der Waals surface area (Å²) in [5.74, 6) is -0.249. The van der Waals surface area contributed by atoms with E-state index in [1.807, 2.05) is 20.8 Å². The first kappa shape index (κ1) is 15.7. The van der Waals surface area contributed by atoms with Crippen molar-refractivity contribution in [2.24, 2.45) is 5.41 Å². The summed E-state index contributed by atoms with van der Waals surface area (Å²) in [6.07, 6.45) is 5.32. The van der Waals surface area contributed by atoms with E-state index in [0.29, 0.717) is 0 Å². The van der Waals surface area contributed by atoms with Gasteiger partial charge in [-0.2, -0.15) is 0 Å². The highest BCUT2D eigenvalue weighted by Gasteiger charge is 2.30. The number of carbonyl (C=O) groups is 2. The van der Waals surface area contributed by atoms with Crippen LogP contribution >= 0.6 is 0 Å². The van der Waals surface area contributed by atoms with E-state index in [1.54, 1.807) is 0 Å². The number of hydrogen-bond acceptors (Lipinski definition) is 3. The predicted octanol–water partition coefficient (Wildman–Crippen LogP) is 2.58. The average Bonchev–Trinajstić information content (AvgIpc) is 2.40. The standard InChI is InChI=1S/C15H25NO3/c1-5-13(17)19-12-9-7-11(8-10-12)16-14(18)15(3,4)6-2/h5,11-12H,1,6-10H2,2-4H3,(H,16,18). The zero-order valence-corrected chi connectivity index (χ0v) is 12.2. The Labute approximate surface area is 115 Å². The van der Waals surface area contributed by atoms with Gasteiger partial charge in [0.05, 0.1) is 0 Å². The molecule has 108 valence electrons. The monoisotopic (exact) mass is 267 g/mol. The number of esters is 1. The van der Waals surface area contributed by atoms with Crippen LogP contribution in [0.3, 0.4) is 0 Å². The maximum atomic E-state index is 12.1. The van der Waals surface area contributed by atoms with Crippen molar-refractivity contribution in [2.45, 2.75) is 65.0 Å². The van der Waals surface area contributed by atoms with Crippen LogP contribution in [0.5, 0.6) is 0 Å². The van der Waals surface area contributed by atoms with Crippen LogP contribution < -0.4 is 5.32 Å². The molecular weight excluding hydrogens is 242 g/mol. The van der Waals surface area contributed by atoms with Gasteiger partial charge in [0.2, 0.25) is 5.91 Å². The fraction of sp³-hybridized carbons (Fsp3) is 0.733. The van der Waals surface area contributed by atoms with Gasteiger partial charge in [-0.3, -0.25) is 4.79 Å². The highest BCUT2D eigenvalue weighted by atomic mass is 16.5. The van der Waals surface area contributed by atoms with Crippen LogP contribution in [0, 0.1) is 5.41 Å². The van der Waals surface area contributed by atoms with Crippen LogP contribution in [0.25, 0.3) is 0 Å². The van der Waals surface area contributed by atoms with E-state index in [0.717, 1.165) is 32.1 Å². The Kier molecular flexibility index (Phi) is 5.58. The summed E-state index contributed by atoms with van der Waals surface area (Å²) in [5.41, 5.74) is -0.313. The summed E-state index contributed by atoms with van der Waals surface area (Å²) < 4.78 is 5.21. The molecule has 1 aliphatic rings. The van der Waals surface area contributed by atoms with Crippen molar-refractivity contribution < 1.29 is 14.3 Å². The largest absolute Gasteiger partial charge is 0.459 e. The number of nitrogens with one attached hydrogen (secondary N) is 1. The van der Waals surface area contributed by atoms with Gasteiger partial charge in [-0.1, -0.05) is 27.4 Å². The van der Waals surface area contributed by atoms with Gasteiger partial charge in [-0.05, 0) is 32.1 Å². The van der Waals surface area contributed by atoms with E-state index in [1.165, 1.54) is 6.08 Å². The molecule has 1 rings (SSSR count). The fourth-order valence-corrected chi connectivity index (χ4v) is 2.08. The third-order valence-electron chi connectivity index (χ3n) is 3.96. The highest BCUT2D eigenvalue weighted by Crippen LogP contribution is 2.24. The molecule has 0 spiro atoms. The van der Waals surface area contributed by atoms with E-state index in [2.05, 4.69) is 11.9 Å². The molecule has 0 aromatic rings. The second-order valence-electron chi connectivity index (χ2n) is 5.83. The topological polar surface area (TPSA) is 55.4 Å². The Bertz CT molecular complexity index is 341. The molecule has 0 heterocycles. The quantitative estimate of drug-likeness (QED) is 0.615. The number of amides is 1. The average molecular weight is 267 g/mol. The van der Waals surface area contributed by atoms with Gasteiger partial charge >= 0.3 is 5.97 Å². The van der Waals surface area contributed by atoms with Gasteiger partial charge in [0, 0.05) is 17.5 Å². The Hall–Kier alpha value is -1.32. The lowest BCUT2D eigenvalue weighted by Gasteiger charge is -2.31. The molecule has 0 bridgehead atoms. The SMILES string of the molecule is C=CC(=O)OC1CCC(NC(=O)C(C)(C)CC)CC1. The van der Waals surface area contributed by atoms with E-state index in [9.17, 15) is 9.59 Å². The molecule has 4 heteroatoms. The number of hydrogen-bond donors (Lipinski definition) is 1. The minimum atomic E-state index is -0.361. The van der Waals surface area contributed by atoms with Crippen LogP contribution in [0.1, 0.15) is 52.9 Å². The van der Waals surface area contributed by atoms with Crippen molar-refractivity contribution >= 4 is 11.9 Å². The maximum Gasteiger partial charge on any atom is 0.330 e. The van der Waals surface area contributed by atoms with E-state index in [-0.39, 0.29) is 29.4 Å². The fourth-order valence-electron chi connectivity index (χ4n) is 2.08. The van der Waals surface area contributed by atoms with Crippen LogP contribution in [-0.4, -0.2) is 24.0 Å². The minimum absolute atomic E-state index is 0.0298. The third-order valence-corrected chi connectivity index (χ3v) is 3.96. The summed E-state index contributed by atoms with van der Waals surface area (Å²) in [4.78, 5) is 23.2. The molecular formula is C15H25NO3. The lowest BCUT2D eigenvalue weighted by atomic mass is 9.87. The summed E-state index contributed by atoms with van der Waals surface area (Å²) >= 11 is 0. The molecule has 0 unspecified atom stereocenters. The van der Waals surface area contributed by atoms with Crippen LogP contribution in [-0.2, 0) is 14.3 Å². The second kappa shape index (κ2) is 6.73. The maximum absolute atomic E-state index is 12.1. The highest BCUT2D eigenvalue weighted by molar-refractivity contribution is 5.82. The lowest BCUT2D eigenvalue weighted by molar-refractivity contribution is -0.145. The molecule has 1 saturated carbocycles. The first-order valence-corrected chi connectivity index (χ1v) is 7.03. The van der Waals surface area contributed by atoms with Crippen molar-refractivity contribution in [3.05, 3.63) is 12.7 Å². The number of ether oxygens (including phenoxy) is 1. The van der Waals surface area contributed by atoms with Crippen molar-refractivity contribution in [1.29, 1.82) is 0 Å². The summed E-state index contributed by atoms with van der Waals surface area (Å²) in [5, 5.41) is 3.10. The molecule has 1 aliphatic carbocycles. The molecule has 19 heavy (non-hydrogen) atoms. The Morgan fingerprint density at radius 3 is 2.37 bits per heavy atom. The zero-order chi connectivity index (χ0) is 14.5. The van der Waals surface area contributed by atoms with Gasteiger partial charge in [-0.25, -0.2) is 4.79 Å². The van der Waals surface area contributed by atoms with Gasteiger partial charge in [0.1, 0.15) is 6.10 Å². The van der Waals surface area contributed by atoms with Crippen molar-refractivity contribution in [2.75, 3.05) is 0 Å². The van der Waals surface area contributed by atoms with E-state index in [4.69, 9.17) is 4.74 Å². The zero-order valence-electron chi connectivity index (χ0n) is 12.2. The molecule has 0 saturated heterocycles. The van der Waals surface area contributed by atoms with Gasteiger partial charge < -0.3 is 10.1 Å². The smallest absolute Gasteiger partial charge is 0.330 e.